The first kappa shape index (κ1) is 13.0. The van der Waals surface area contributed by atoms with Crippen LogP contribution in [0.5, 0.6) is 0 Å². The normalized spacial score (nSPS) is 25.3. The van der Waals surface area contributed by atoms with Gasteiger partial charge >= 0.3 is 0 Å². The number of ether oxygens (including phenoxy) is 1. The van der Waals surface area contributed by atoms with E-state index >= 15 is 0 Å². The Balaban J connectivity index is 1.55. The highest BCUT2D eigenvalue weighted by atomic mass is 32.2. The average Bonchev–Trinajstić information content (AvgIpc) is 3.04. The maximum Gasteiger partial charge on any atom is 0.233 e. The van der Waals surface area contributed by atoms with Crippen LogP contribution < -0.4 is 5.32 Å². The third-order valence-electron chi connectivity index (χ3n) is 3.72. The molecule has 2 atom stereocenters. The van der Waals surface area contributed by atoms with Crippen molar-refractivity contribution in [3.05, 3.63) is 29.3 Å². The minimum atomic E-state index is 0.0261. The van der Waals surface area contributed by atoms with Gasteiger partial charge in [-0.05, 0) is 37.8 Å². The highest BCUT2D eigenvalue weighted by molar-refractivity contribution is 8.01. The highest BCUT2D eigenvalue weighted by Gasteiger charge is 2.28. The third kappa shape index (κ3) is 2.95. The summed E-state index contributed by atoms with van der Waals surface area (Å²) in [5.74, 6) is 0.148. The van der Waals surface area contributed by atoms with Crippen molar-refractivity contribution >= 4 is 17.7 Å². The van der Waals surface area contributed by atoms with E-state index in [4.69, 9.17) is 4.74 Å². The van der Waals surface area contributed by atoms with Crippen molar-refractivity contribution in [2.24, 2.45) is 0 Å². The Morgan fingerprint density at radius 1 is 1.53 bits per heavy atom. The Kier molecular flexibility index (Phi) is 3.80. The lowest BCUT2D eigenvalue weighted by Gasteiger charge is -2.13. The molecule has 1 saturated heterocycles. The molecular formula is C15H19NO2S. The van der Waals surface area contributed by atoms with Gasteiger partial charge in [-0.25, -0.2) is 0 Å². The average molecular weight is 277 g/mol. The first-order valence-corrected chi connectivity index (χ1v) is 7.76. The molecular weight excluding hydrogens is 258 g/mol. The van der Waals surface area contributed by atoms with E-state index in [0.717, 1.165) is 25.9 Å². The van der Waals surface area contributed by atoms with Gasteiger partial charge in [0.1, 0.15) is 0 Å². The molecule has 2 unspecified atom stereocenters. The molecule has 102 valence electrons. The van der Waals surface area contributed by atoms with E-state index in [-0.39, 0.29) is 17.3 Å². The molecule has 2 aliphatic heterocycles. The van der Waals surface area contributed by atoms with Crippen molar-refractivity contribution in [1.29, 1.82) is 0 Å². The zero-order valence-electron chi connectivity index (χ0n) is 11.1. The number of hydrogen-bond donors (Lipinski definition) is 1. The van der Waals surface area contributed by atoms with Crippen molar-refractivity contribution in [3.8, 4) is 0 Å². The van der Waals surface area contributed by atoms with Gasteiger partial charge in [-0.15, -0.1) is 11.8 Å². The van der Waals surface area contributed by atoms with E-state index in [1.54, 1.807) is 11.8 Å². The fourth-order valence-electron chi connectivity index (χ4n) is 2.61. The first-order valence-electron chi connectivity index (χ1n) is 6.88. The molecule has 1 fully saturated rings. The van der Waals surface area contributed by atoms with E-state index < -0.39 is 0 Å². The maximum atomic E-state index is 12.2. The van der Waals surface area contributed by atoms with Crippen molar-refractivity contribution < 1.29 is 9.53 Å². The zero-order chi connectivity index (χ0) is 13.2. The molecule has 0 aliphatic carbocycles. The molecule has 4 heteroatoms. The van der Waals surface area contributed by atoms with Crippen LogP contribution in [-0.4, -0.2) is 30.4 Å². The molecule has 0 saturated carbocycles. The molecule has 3 nitrogen and oxygen atoms in total. The molecule has 0 bridgehead atoms. The minimum absolute atomic E-state index is 0.0261. The van der Waals surface area contributed by atoms with Gasteiger partial charge in [-0.3, -0.25) is 4.79 Å². The Bertz CT molecular complexity index is 483. The smallest absolute Gasteiger partial charge is 0.233 e. The summed E-state index contributed by atoms with van der Waals surface area (Å²) in [6.45, 7) is 3.58. The van der Waals surface area contributed by atoms with Gasteiger partial charge in [0.15, 0.2) is 0 Å². The van der Waals surface area contributed by atoms with Crippen LogP contribution in [0, 0.1) is 6.92 Å². The van der Waals surface area contributed by atoms with Gasteiger partial charge in [0.25, 0.3) is 0 Å². The third-order valence-corrected chi connectivity index (χ3v) is 5.02. The molecule has 0 radical (unpaired) electrons. The van der Waals surface area contributed by atoms with Gasteiger partial charge in [0.05, 0.1) is 11.4 Å². The van der Waals surface area contributed by atoms with Gasteiger partial charge in [-0.2, -0.15) is 0 Å². The lowest BCUT2D eigenvalue weighted by molar-refractivity contribution is -0.121. The standard InChI is InChI=1S/C15H19NO2S/c1-10-4-5-11-8-14(19-13(11)7-10)15(17)16-9-12-3-2-6-18-12/h4-5,7,12,14H,2-3,6,8-9H2,1H3,(H,16,17). The molecule has 0 aromatic heterocycles. The maximum absolute atomic E-state index is 12.2. The number of rotatable bonds is 3. The van der Waals surface area contributed by atoms with Gasteiger partial charge in [0.2, 0.25) is 5.91 Å². The monoisotopic (exact) mass is 277 g/mol. The second kappa shape index (κ2) is 5.55. The van der Waals surface area contributed by atoms with Crippen molar-refractivity contribution in [2.75, 3.05) is 13.2 Å². The number of hydrogen-bond acceptors (Lipinski definition) is 3. The predicted molar refractivity (Wildman–Crippen MR) is 76.5 cm³/mol. The Morgan fingerprint density at radius 2 is 2.42 bits per heavy atom. The van der Waals surface area contributed by atoms with Crippen LogP contribution in [0.1, 0.15) is 24.0 Å². The summed E-state index contributed by atoms with van der Waals surface area (Å²) in [4.78, 5) is 13.4. The molecule has 1 N–H and O–H groups in total. The number of benzene rings is 1. The van der Waals surface area contributed by atoms with Crippen LogP contribution in [0.15, 0.2) is 23.1 Å². The van der Waals surface area contributed by atoms with Gasteiger partial charge in [0, 0.05) is 18.0 Å². The molecule has 1 aromatic carbocycles. The number of aryl methyl sites for hydroxylation is 1. The van der Waals surface area contributed by atoms with Crippen LogP contribution >= 0.6 is 11.8 Å². The number of carbonyl (C=O) groups is 1. The summed E-state index contributed by atoms with van der Waals surface area (Å²) in [7, 11) is 0. The van der Waals surface area contributed by atoms with Crippen molar-refractivity contribution in [2.45, 2.75) is 42.4 Å². The Hall–Kier alpha value is -1.00. The Morgan fingerprint density at radius 3 is 3.21 bits per heavy atom. The summed E-state index contributed by atoms with van der Waals surface area (Å²) in [5, 5.41) is 3.06. The van der Waals surface area contributed by atoms with E-state index in [2.05, 4.69) is 30.4 Å². The van der Waals surface area contributed by atoms with Crippen LogP contribution in [0.3, 0.4) is 0 Å². The molecule has 3 rings (SSSR count). The predicted octanol–water partition coefficient (Wildman–Crippen LogP) is 2.31. The summed E-state index contributed by atoms with van der Waals surface area (Å²) >= 11 is 1.69. The quantitative estimate of drug-likeness (QED) is 0.921. The molecule has 2 aliphatic rings. The van der Waals surface area contributed by atoms with Crippen LogP contribution in [0.25, 0.3) is 0 Å². The molecule has 0 spiro atoms. The minimum Gasteiger partial charge on any atom is -0.376 e. The fraction of sp³-hybridized carbons (Fsp3) is 0.533. The summed E-state index contributed by atoms with van der Waals surface area (Å²) in [6.07, 6.45) is 3.25. The van der Waals surface area contributed by atoms with Gasteiger partial charge in [-0.1, -0.05) is 17.7 Å². The highest BCUT2D eigenvalue weighted by Crippen LogP contribution is 2.37. The Labute approximate surface area is 118 Å². The number of thioether (sulfide) groups is 1. The summed E-state index contributed by atoms with van der Waals surface area (Å²) in [6, 6.07) is 6.43. The number of fused-ring (bicyclic) bond motifs is 1. The zero-order valence-corrected chi connectivity index (χ0v) is 12.0. The SMILES string of the molecule is Cc1ccc2c(c1)SC(C(=O)NCC1CCCO1)C2. The lowest BCUT2D eigenvalue weighted by atomic mass is 10.1. The largest absolute Gasteiger partial charge is 0.376 e. The number of carbonyl (C=O) groups excluding carboxylic acids is 1. The van der Waals surface area contributed by atoms with E-state index in [1.807, 2.05) is 0 Å². The first-order chi connectivity index (χ1) is 9.22. The van der Waals surface area contributed by atoms with Crippen molar-refractivity contribution in [3.63, 3.8) is 0 Å². The topological polar surface area (TPSA) is 38.3 Å². The molecule has 1 amide bonds. The van der Waals surface area contributed by atoms with Gasteiger partial charge < -0.3 is 10.1 Å². The van der Waals surface area contributed by atoms with Crippen molar-refractivity contribution in [1.82, 2.24) is 5.32 Å². The lowest BCUT2D eigenvalue weighted by Crippen LogP contribution is -2.37. The second-order valence-corrected chi connectivity index (χ2v) is 6.55. The fourth-order valence-corrected chi connectivity index (χ4v) is 3.93. The van der Waals surface area contributed by atoms with E-state index in [1.165, 1.54) is 16.0 Å². The number of nitrogens with one attached hydrogen (secondary N) is 1. The number of amides is 1. The second-order valence-electron chi connectivity index (χ2n) is 5.30. The molecule has 1 aromatic rings. The summed E-state index contributed by atoms with van der Waals surface area (Å²) < 4.78 is 5.52. The summed E-state index contributed by atoms with van der Waals surface area (Å²) in [5.41, 5.74) is 2.56. The molecule has 2 heterocycles. The van der Waals surface area contributed by atoms with Crippen LogP contribution in [0.2, 0.25) is 0 Å². The van der Waals surface area contributed by atoms with Crippen LogP contribution in [0.4, 0.5) is 0 Å². The van der Waals surface area contributed by atoms with E-state index in [0.29, 0.717) is 6.54 Å². The van der Waals surface area contributed by atoms with Crippen LogP contribution in [-0.2, 0) is 16.0 Å². The van der Waals surface area contributed by atoms with E-state index in [9.17, 15) is 4.79 Å². The molecule has 19 heavy (non-hydrogen) atoms.